The number of carbonyl (C=O) groups is 1. The number of anilines is 1. The molecule has 3 heteroatoms. The molecule has 0 aliphatic heterocycles. The second-order valence-corrected chi connectivity index (χ2v) is 7.43. The molecular weight excluding hydrogens is 382 g/mol. The molecular formula is C28H25NO2. The van der Waals surface area contributed by atoms with Crippen molar-refractivity contribution in [1.82, 2.24) is 0 Å². The van der Waals surface area contributed by atoms with E-state index < -0.39 is 5.41 Å². The Balaban J connectivity index is 1.83. The first-order valence-corrected chi connectivity index (χ1v) is 10.3. The van der Waals surface area contributed by atoms with Gasteiger partial charge in [0.15, 0.2) is 0 Å². The summed E-state index contributed by atoms with van der Waals surface area (Å²) in [4.78, 5) is 13.4. The van der Waals surface area contributed by atoms with E-state index in [0.717, 1.165) is 16.7 Å². The predicted octanol–water partition coefficient (Wildman–Crippen LogP) is 6.06. The van der Waals surface area contributed by atoms with Gasteiger partial charge in [-0.3, -0.25) is 4.79 Å². The average molecular weight is 408 g/mol. The van der Waals surface area contributed by atoms with Crippen LogP contribution < -0.4 is 10.1 Å². The Bertz CT molecular complexity index is 1030. The number of methoxy groups -OCH3 is 1. The number of hydrogen-bond acceptors (Lipinski definition) is 2. The van der Waals surface area contributed by atoms with Crippen molar-refractivity contribution in [2.24, 2.45) is 0 Å². The van der Waals surface area contributed by atoms with Crippen LogP contribution in [0.25, 0.3) is 0 Å². The van der Waals surface area contributed by atoms with E-state index in [9.17, 15) is 4.79 Å². The van der Waals surface area contributed by atoms with Crippen molar-refractivity contribution in [1.29, 1.82) is 0 Å². The topological polar surface area (TPSA) is 38.3 Å². The number of para-hydroxylation sites is 2. The Labute approximate surface area is 183 Å². The number of carbonyl (C=O) groups excluding carboxylic acids is 1. The number of ether oxygens (including phenoxy) is 1. The number of hydrogen-bond donors (Lipinski definition) is 1. The molecule has 0 atom stereocenters. The summed E-state index contributed by atoms with van der Waals surface area (Å²) in [5.41, 5.74) is 3.25. The van der Waals surface area contributed by atoms with Gasteiger partial charge in [0.05, 0.1) is 18.2 Å². The van der Waals surface area contributed by atoms with Crippen LogP contribution in [-0.4, -0.2) is 13.0 Å². The molecule has 4 aromatic rings. The number of benzene rings is 4. The van der Waals surface area contributed by atoms with E-state index >= 15 is 0 Å². The van der Waals surface area contributed by atoms with Gasteiger partial charge in [0.1, 0.15) is 5.75 Å². The van der Waals surface area contributed by atoms with E-state index in [2.05, 4.69) is 41.7 Å². The minimum atomic E-state index is -0.629. The van der Waals surface area contributed by atoms with Crippen LogP contribution in [0.15, 0.2) is 115 Å². The van der Waals surface area contributed by atoms with Crippen LogP contribution in [0.5, 0.6) is 5.75 Å². The lowest BCUT2D eigenvalue weighted by atomic mass is 9.67. The van der Waals surface area contributed by atoms with Crippen LogP contribution in [0.4, 0.5) is 5.69 Å². The van der Waals surface area contributed by atoms with Crippen LogP contribution in [-0.2, 0) is 10.2 Å². The summed E-state index contributed by atoms with van der Waals surface area (Å²) in [7, 11) is 1.60. The van der Waals surface area contributed by atoms with E-state index in [0.29, 0.717) is 11.4 Å². The normalized spacial score (nSPS) is 11.0. The second-order valence-electron chi connectivity index (χ2n) is 7.43. The summed E-state index contributed by atoms with van der Waals surface area (Å²) in [6.07, 6.45) is 0.253. The van der Waals surface area contributed by atoms with Gasteiger partial charge in [-0.1, -0.05) is 103 Å². The van der Waals surface area contributed by atoms with Crippen molar-refractivity contribution >= 4 is 11.6 Å². The molecule has 0 saturated carbocycles. The Hall–Kier alpha value is -3.85. The van der Waals surface area contributed by atoms with Gasteiger partial charge in [-0.2, -0.15) is 0 Å². The van der Waals surface area contributed by atoms with Gasteiger partial charge in [0, 0.05) is 6.42 Å². The Morgan fingerprint density at radius 3 is 1.55 bits per heavy atom. The van der Waals surface area contributed by atoms with Crippen LogP contribution in [0.2, 0.25) is 0 Å². The SMILES string of the molecule is COc1ccccc1NC(=O)CC(c1ccccc1)(c1ccccc1)c1ccccc1. The van der Waals surface area contributed by atoms with Crippen molar-refractivity contribution in [3.63, 3.8) is 0 Å². The molecule has 0 aliphatic rings. The van der Waals surface area contributed by atoms with Gasteiger partial charge in [-0.05, 0) is 28.8 Å². The summed E-state index contributed by atoms with van der Waals surface area (Å²) in [6, 6.07) is 38.2. The van der Waals surface area contributed by atoms with Crippen molar-refractivity contribution in [2.45, 2.75) is 11.8 Å². The highest BCUT2D eigenvalue weighted by Gasteiger charge is 2.38. The van der Waals surface area contributed by atoms with Gasteiger partial charge in [0.2, 0.25) is 5.91 Å². The molecule has 0 saturated heterocycles. The third kappa shape index (κ3) is 4.22. The summed E-state index contributed by atoms with van der Waals surface area (Å²) in [5, 5.41) is 3.06. The van der Waals surface area contributed by atoms with E-state index in [1.807, 2.05) is 78.9 Å². The fourth-order valence-corrected chi connectivity index (χ4v) is 4.16. The third-order valence-electron chi connectivity index (χ3n) is 5.61. The summed E-state index contributed by atoms with van der Waals surface area (Å²) in [6.45, 7) is 0. The van der Waals surface area contributed by atoms with Crippen molar-refractivity contribution in [3.05, 3.63) is 132 Å². The Morgan fingerprint density at radius 1 is 0.677 bits per heavy atom. The van der Waals surface area contributed by atoms with E-state index in [-0.39, 0.29) is 12.3 Å². The first-order chi connectivity index (χ1) is 15.2. The van der Waals surface area contributed by atoms with Crippen molar-refractivity contribution in [3.8, 4) is 5.75 Å². The lowest BCUT2D eigenvalue weighted by Crippen LogP contribution is -2.34. The van der Waals surface area contributed by atoms with Gasteiger partial charge < -0.3 is 10.1 Å². The van der Waals surface area contributed by atoms with Crippen LogP contribution in [0.3, 0.4) is 0 Å². The molecule has 31 heavy (non-hydrogen) atoms. The van der Waals surface area contributed by atoms with Gasteiger partial charge in [-0.25, -0.2) is 0 Å². The number of rotatable bonds is 7. The molecule has 0 spiro atoms. The first kappa shape index (κ1) is 20.4. The zero-order chi connectivity index (χ0) is 21.5. The minimum Gasteiger partial charge on any atom is -0.495 e. The molecule has 0 radical (unpaired) electrons. The Kier molecular flexibility index (Phi) is 6.13. The zero-order valence-electron chi connectivity index (χ0n) is 17.5. The van der Waals surface area contributed by atoms with Crippen LogP contribution in [0, 0.1) is 0 Å². The molecule has 4 rings (SSSR count). The maximum atomic E-state index is 13.4. The monoisotopic (exact) mass is 407 g/mol. The van der Waals surface area contributed by atoms with E-state index in [1.165, 1.54) is 0 Å². The molecule has 1 amide bonds. The lowest BCUT2D eigenvalue weighted by Gasteiger charge is -2.35. The highest BCUT2D eigenvalue weighted by molar-refractivity contribution is 5.94. The van der Waals surface area contributed by atoms with Gasteiger partial charge in [-0.15, -0.1) is 0 Å². The zero-order valence-corrected chi connectivity index (χ0v) is 17.5. The van der Waals surface area contributed by atoms with Crippen molar-refractivity contribution < 1.29 is 9.53 Å². The summed E-state index contributed by atoms with van der Waals surface area (Å²) >= 11 is 0. The standard InChI is InChI=1S/C28H25NO2/c1-31-26-20-12-11-19-25(26)29-27(30)21-28(22-13-5-2-6-14-22,23-15-7-3-8-16-23)24-17-9-4-10-18-24/h2-20H,21H2,1H3,(H,29,30). The fraction of sp³-hybridized carbons (Fsp3) is 0.107. The largest absolute Gasteiger partial charge is 0.495 e. The number of nitrogens with one attached hydrogen (secondary N) is 1. The molecule has 154 valence electrons. The molecule has 0 heterocycles. The smallest absolute Gasteiger partial charge is 0.226 e. The van der Waals surface area contributed by atoms with E-state index in [1.54, 1.807) is 7.11 Å². The minimum absolute atomic E-state index is 0.0824. The molecule has 1 N–H and O–H groups in total. The second kappa shape index (κ2) is 9.31. The highest BCUT2D eigenvalue weighted by Crippen LogP contribution is 2.42. The lowest BCUT2D eigenvalue weighted by molar-refractivity contribution is -0.116. The van der Waals surface area contributed by atoms with Gasteiger partial charge in [0.25, 0.3) is 0 Å². The first-order valence-electron chi connectivity index (χ1n) is 10.3. The maximum Gasteiger partial charge on any atom is 0.226 e. The molecule has 0 fully saturated rings. The fourth-order valence-electron chi connectivity index (χ4n) is 4.16. The molecule has 0 unspecified atom stereocenters. The Morgan fingerprint density at radius 2 is 1.10 bits per heavy atom. The molecule has 0 aliphatic carbocycles. The molecule has 3 nitrogen and oxygen atoms in total. The number of amides is 1. The summed E-state index contributed by atoms with van der Waals surface area (Å²) in [5.74, 6) is 0.557. The average Bonchev–Trinajstić information content (AvgIpc) is 2.84. The highest BCUT2D eigenvalue weighted by atomic mass is 16.5. The quantitative estimate of drug-likeness (QED) is 0.378. The van der Waals surface area contributed by atoms with E-state index in [4.69, 9.17) is 4.74 Å². The molecule has 0 bridgehead atoms. The molecule has 4 aromatic carbocycles. The predicted molar refractivity (Wildman–Crippen MR) is 125 cm³/mol. The molecule has 0 aromatic heterocycles. The third-order valence-corrected chi connectivity index (χ3v) is 5.61. The van der Waals surface area contributed by atoms with Crippen LogP contribution >= 0.6 is 0 Å². The van der Waals surface area contributed by atoms with Crippen LogP contribution in [0.1, 0.15) is 23.1 Å². The van der Waals surface area contributed by atoms with Crippen molar-refractivity contribution in [2.75, 3.05) is 12.4 Å². The van der Waals surface area contributed by atoms with Gasteiger partial charge >= 0.3 is 0 Å². The summed E-state index contributed by atoms with van der Waals surface area (Å²) < 4.78 is 5.42. The maximum absolute atomic E-state index is 13.4.